The minimum absolute atomic E-state index is 0.738. The zero-order valence-electron chi connectivity index (χ0n) is 13.3. The highest BCUT2D eigenvalue weighted by Gasteiger charge is 2.21. The zero-order chi connectivity index (χ0) is 16.0. The van der Waals surface area contributed by atoms with E-state index in [0.29, 0.717) is 0 Å². The first-order valence-electron chi connectivity index (χ1n) is 7.92. The van der Waals surface area contributed by atoms with E-state index in [1.54, 1.807) is 0 Å². The van der Waals surface area contributed by atoms with Crippen LogP contribution in [0, 0.1) is 13.8 Å². The second-order valence-corrected chi connectivity index (χ2v) is 6.52. The first kappa shape index (κ1) is 14.7. The number of aromatic nitrogens is 3. The van der Waals surface area contributed by atoms with Gasteiger partial charge in [-0.15, -0.1) is 0 Å². The summed E-state index contributed by atoms with van der Waals surface area (Å²) in [6.45, 7) is 7.46. The van der Waals surface area contributed by atoms with E-state index in [0.717, 1.165) is 70.9 Å². The molecule has 0 radical (unpaired) electrons. The Morgan fingerprint density at radius 2 is 2.09 bits per heavy atom. The maximum Gasteiger partial charge on any atom is 0.183 e. The Morgan fingerprint density at radius 3 is 2.96 bits per heavy atom. The molecule has 2 aromatic heterocycles. The smallest absolute Gasteiger partial charge is 0.183 e. The number of aryl methyl sites for hydroxylation is 2. The van der Waals surface area contributed by atoms with Crippen molar-refractivity contribution >= 4 is 39.2 Å². The molecule has 1 aliphatic heterocycles. The number of pyridine rings is 1. The fourth-order valence-corrected chi connectivity index (χ4v) is 3.66. The molecule has 4 rings (SSSR count). The number of ether oxygens (including phenoxy) is 1. The van der Waals surface area contributed by atoms with E-state index in [-0.39, 0.29) is 0 Å². The molecule has 1 saturated heterocycles. The van der Waals surface area contributed by atoms with Gasteiger partial charge in [0.05, 0.1) is 23.2 Å². The van der Waals surface area contributed by atoms with Crippen molar-refractivity contribution in [3.63, 3.8) is 0 Å². The van der Waals surface area contributed by atoms with Gasteiger partial charge in [0.25, 0.3) is 0 Å². The number of rotatable bonds is 1. The number of hydrogen-bond acceptors (Lipinski definition) is 4. The van der Waals surface area contributed by atoms with Gasteiger partial charge in [-0.3, -0.25) is 5.10 Å². The lowest BCUT2D eigenvalue weighted by Crippen LogP contribution is -2.26. The van der Waals surface area contributed by atoms with Crippen molar-refractivity contribution in [1.82, 2.24) is 15.2 Å². The summed E-state index contributed by atoms with van der Waals surface area (Å²) in [5.41, 5.74) is 5.01. The number of nitrogens with zero attached hydrogens (tertiary/aromatic N) is 3. The second kappa shape index (κ2) is 5.65. The molecule has 1 fully saturated rings. The van der Waals surface area contributed by atoms with Crippen molar-refractivity contribution in [1.29, 1.82) is 0 Å². The fraction of sp³-hybridized carbons (Fsp3) is 0.412. The van der Waals surface area contributed by atoms with Crippen LogP contribution in [-0.4, -0.2) is 41.5 Å². The Hall–Kier alpha value is -1.85. The van der Waals surface area contributed by atoms with E-state index in [2.05, 4.69) is 15.1 Å². The largest absolute Gasteiger partial charge is 0.380 e. The number of anilines is 1. The predicted molar refractivity (Wildman–Crippen MR) is 93.5 cm³/mol. The zero-order valence-corrected chi connectivity index (χ0v) is 14.1. The highest BCUT2D eigenvalue weighted by atomic mass is 35.5. The molecule has 0 amide bonds. The topological polar surface area (TPSA) is 54.0 Å². The third kappa shape index (κ3) is 2.44. The van der Waals surface area contributed by atoms with E-state index in [1.807, 2.05) is 26.0 Å². The number of benzene rings is 1. The van der Waals surface area contributed by atoms with Crippen molar-refractivity contribution in [3.05, 3.63) is 28.4 Å². The van der Waals surface area contributed by atoms with Crippen LogP contribution in [0.4, 0.5) is 5.69 Å². The van der Waals surface area contributed by atoms with Gasteiger partial charge in [-0.2, -0.15) is 5.10 Å². The second-order valence-electron chi connectivity index (χ2n) is 6.08. The molecule has 3 heterocycles. The van der Waals surface area contributed by atoms with Crippen LogP contribution >= 0.6 is 11.6 Å². The molecule has 6 heteroatoms. The normalized spacial score (nSPS) is 16.2. The van der Waals surface area contributed by atoms with Crippen LogP contribution in [0.25, 0.3) is 21.9 Å². The van der Waals surface area contributed by atoms with Gasteiger partial charge in [-0.25, -0.2) is 4.98 Å². The van der Waals surface area contributed by atoms with E-state index >= 15 is 0 Å². The van der Waals surface area contributed by atoms with Crippen molar-refractivity contribution < 1.29 is 4.74 Å². The summed E-state index contributed by atoms with van der Waals surface area (Å²) in [7, 11) is 0. The quantitative estimate of drug-likeness (QED) is 0.740. The first-order valence-corrected chi connectivity index (χ1v) is 8.30. The summed E-state index contributed by atoms with van der Waals surface area (Å²) in [6, 6.07) is 3.97. The van der Waals surface area contributed by atoms with Crippen LogP contribution in [0.5, 0.6) is 0 Å². The Balaban J connectivity index is 2.08. The van der Waals surface area contributed by atoms with E-state index in [4.69, 9.17) is 21.3 Å². The van der Waals surface area contributed by atoms with Crippen LogP contribution in [0.2, 0.25) is 5.02 Å². The van der Waals surface area contributed by atoms with Gasteiger partial charge in [-0.1, -0.05) is 11.6 Å². The van der Waals surface area contributed by atoms with Crippen LogP contribution in [0.3, 0.4) is 0 Å². The van der Waals surface area contributed by atoms with Gasteiger partial charge >= 0.3 is 0 Å². The van der Waals surface area contributed by atoms with Crippen molar-refractivity contribution in [2.75, 3.05) is 31.2 Å². The molecule has 3 aromatic rings. The average molecular weight is 331 g/mol. The van der Waals surface area contributed by atoms with Gasteiger partial charge in [0.15, 0.2) is 5.65 Å². The molecule has 0 spiro atoms. The Kier molecular flexibility index (Phi) is 3.62. The molecule has 120 valence electrons. The third-order valence-corrected chi connectivity index (χ3v) is 4.66. The molecule has 0 saturated carbocycles. The number of halogens is 1. The molecule has 5 nitrogen and oxygen atoms in total. The van der Waals surface area contributed by atoms with Crippen LogP contribution in [-0.2, 0) is 4.74 Å². The van der Waals surface area contributed by atoms with Crippen molar-refractivity contribution in [2.45, 2.75) is 20.3 Å². The monoisotopic (exact) mass is 330 g/mol. The molecular weight excluding hydrogens is 312 g/mol. The van der Waals surface area contributed by atoms with Gasteiger partial charge in [0.1, 0.15) is 0 Å². The van der Waals surface area contributed by atoms with E-state index < -0.39 is 0 Å². The summed E-state index contributed by atoms with van der Waals surface area (Å²) in [5.74, 6) is 0. The number of aromatic amines is 1. The minimum atomic E-state index is 0.738. The molecule has 0 unspecified atom stereocenters. The van der Waals surface area contributed by atoms with E-state index in [9.17, 15) is 0 Å². The predicted octanol–water partition coefficient (Wildman–Crippen LogP) is 3.61. The summed E-state index contributed by atoms with van der Waals surface area (Å²) in [4.78, 5) is 7.15. The molecule has 1 aromatic carbocycles. The first-order chi connectivity index (χ1) is 11.1. The highest BCUT2D eigenvalue weighted by Crippen LogP contribution is 2.37. The number of H-pyrrole nitrogens is 1. The van der Waals surface area contributed by atoms with Crippen molar-refractivity contribution in [2.24, 2.45) is 0 Å². The lowest BCUT2D eigenvalue weighted by molar-refractivity contribution is 0.152. The van der Waals surface area contributed by atoms with Crippen molar-refractivity contribution in [3.8, 4) is 0 Å². The summed E-state index contributed by atoms with van der Waals surface area (Å²) >= 11 is 6.34. The average Bonchev–Trinajstić information content (AvgIpc) is 2.74. The molecular formula is C17H19ClN4O. The van der Waals surface area contributed by atoms with Crippen LogP contribution in [0.1, 0.15) is 17.7 Å². The summed E-state index contributed by atoms with van der Waals surface area (Å²) < 4.78 is 5.62. The van der Waals surface area contributed by atoms with Gasteiger partial charge in [-0.05, 0) is 38.0 Å². The van der Waals surface area contributed by atoms with Crippen LogP contribution in [0.15, 0.2) is 12.1 Å². The Labute approximate surface area is 139 Å². The van der Waals surface area contributed by atoms with Gasteiger partial charge < -0.3 is 9.64 Å². The molecule has 0 aliphatic carbocycles. The van der Waals surface area contributed by atoms with E-state index in [1.165, 1.54) is 5.69 Å². The maximum absolute atomic E-state index is 6.34. The lowest BCUT2D eigenvalue weighted by atomic mass is 10.0. The van der Waals surface area contributed by atoms with Gasteiger partial charge in [0.2, 0.25) is 0 Å². The Morgan fingerprint density at radius 1 is 1.22 bits per heavy atom. The molecule has 1 N–H and O–H groups in total. The van der Waals surface area contributed by atoms with Crippen LogP contribution < -0.4 is 4.90 Å². The standard InChI is InChI=1S/C17H19ClN4O/c1-10-8-12(18)9-13-15(10)19-17-14(11(2)20-21-17)16(13)22-4-3-6-23-7-5-22/h8-9H,3-7H2,1-2H3,(H,19,20,21). The maximum atomic E-state index is 6.34. The SMILES string of the molecule is Cc1cc(Cl)cc2c(N3CCCOCC3)c3c(C)[nH]nc3nc12. The fourth-order valence-electron chi connectivity index (χ4n) is 3.38. The Bertz CT molecular complexity index is 881. The lowest BCUT2D eigenvalue weighted by Gasteiger charge is -2.25. The highest BCUT2D eigenvalue weighted by molar-refractivity contribution is 6.32. The van der Waals surface area contributed by atoms with Gasteiger partial charge in [0, 0.05) is 35.8 Å². The number of nitrogens with one attached hydrogen (secondary N) is 1. The number of hydrogen-bond donors (Lipinski definition) is 1. The third-order valence-electron chi connectivity index (χ3n) is 4.44. The molecule has 0 atom stereocenters. The molecule has 0 bridgehead atoms. The molecule has 23 heavy (non-hydrogen) atoms. The minimum Gasteiger partial charge on any atom is -0.380 e. The molecule has 1 aliphatic rings. The summed E-state index contributed by atoms with van der Waals surface area (Å²) in [5, 5.41) is 10.4. The number of fused-ring (bicyclic) bond motifs is 2. The summed E-state index contributed by atoms with van der Waals surface area (Å²) in [6.07, 6.45) is 1.02.